The molecule has 0 aliphatic heterocycles. The molecule has 0 saturated heterocycles. The normalized spacial score (nSPS) is 15.7. The second kappa shape index (κ2) is 6.30. The van der Waals surface area contributed by atoms with Crippen molar-refractivity contribution in [2.75, 3.05) is 0 Å². The quantitative estimate of drug-likeness (QED) is 0.828. The zero-order valence-corrected chi connectivity index (χ0v) is 15.1. The van der Waals surface area contributed by atoms with Gasteiger partial charge < -0.3 is 10.2 Å². The van der Waals surface area contributed by atoms with Crippen molar-refractivity contribution in [2.45, 2.75) is 38.1 Å². The standard InChI is InChI=1S/C19H24O3Si/c1-19(22,15-8-6-5-7-9-15)17(18(20)21)14-10-12-16(13-11-14)23(2,3)4/h5-13,17,22H,1-4H3,(H,20,21)/t17-,19-/m1/s1. The summed E-state index contributed by atoms with van der Waals surface area (Å²) in [5.41, 5.74) is -0.261. The molecule has 0 unspecified atom stereocenters. The van der Waals surface area contributed by atoms with Gasteiger partial charge in [-0.1, -0.05) is 79.4 Å². The van der Waals surface area contributed by atoms with Crippen LogP contribution in [0.4, 0.5) is 0 Å². The highest BCUT2D eigenvalue weighted by Gasteiger charge is 2.40. The molecular weight excluding hydrogens is 304 g/mol. The van der Waals surface area contributed by atoms with Gasteiger partial charge in [-0.05, 0) is 18.1 Å². The third kappa shape index (κ3) is 3.71. The largest absolute Gasteiger partial charge is 0.481 e. The van der Waals surface area contributed by atoms with Crippen molar-refractivity contribution in [3.05, 3.63) is 65.7 Å². The van der Waals surface area contributed by atoms with Gasteiger partial charge in [-0.15, -0.1) is 0 Å². The first-order valence-corrected chi connectivity index (χ1v) is 11.2. The maximum atomic E-state index is 11.9. The number of benzene rings is 2. The van der Waals surface area contributed by atoms with Crippen LogP contribution >= 0.6 is 0 Å². The third-order valence-corrected chi connectivity index (χ3v) is 6.34. The van der Waals surface area contributed by atoms with Gasteiger partial charge in [0.25, 0.3) is 0 Å². The minimum atomic E-state index is -1.48. The number of hydrogen-bond donors (Lipinski definition) is 2. The predicted molar refractivity (Wildman–Crippen MR) is 95.8 cm³/mol. The van der Waals surface area contributed by atoms with Crippen LogP contribution in [0.1, 0.15) is 24.0 Å². The van der Waals surface area contributed by atoms with E-state index in [0.29, 0.717) is 11.1 Å². The number of carbonyl (C=O) groups is 1. The number of carboxylic acids is 1. The van der Waals surface area contributed by atoms with Crippen LogP contribution in [0, 0.1) is 0 Å². The molecule has 2 aromatic rings. The summed E-state index contributed by atoms with van der Waals surface area (Å²) in [6.07, 6.45) is 0. The number of aliphatic carboxylic acids is 1. The summed E-state index contributed by atoms with van der Waals surface area (Å²) in [4.78, 5) is 11.9. The molecule has 0 aliphatic rings. The molecule has 4 heteroatoms. The summed E-state index contributed by atoms with van der Waals surface area (Å²) in [6.45, 7) is 8.30. The summed E-state index contributed by atoms with van der Waals surface area (Å²) in [5, 5.41) is 21.9. The molecule has 2 aromatic carbocycles. The van der Waals surface area contributed by atoms with E-state index in [0.717, 1.165) is 0 Å². The lowest BCUT2D eigenvalue weighted by Gasteiger charge is -2.31. The van der Waals surface area contributed by atoms with Crippen molar-refractivity contribution < 1.29 is 15.0 Å². The Morgan fingerprint density at radius 1 is 1.00 bits per heavy atom. The van der Waals surface area contributed by atoms with Crippen LogP contribution in [-0.2, 0) is 10.4 Å². The summed E-state index contributed by atoms with van der Waals surface area (Å²) < 4.78 is 0. The fourth-order valence-corrected chi connectivity index (χ4v) is 3.99. The number of rotatable bonds is 5. The van der Waals surface area contributed by atoms with Crippen molar-refractivity contribution in [1.82, 2.24) is 0 Å². The minimum Gasteiger partial charge on any atom is -0.481 e. The van der Waals surface area contributed by atoms with Gasteiger partial charge >= 0.3 is 5.97 Å². The van der Waals surface area contributed by atoms with E-state index in [1.165, 1.54) is 5.19 Å². The van der Waals surface area contributed by atoms with Crippen molar-refractivity contribution >= 4 is 19.2 Å². The molecule has 2 N–H and O–H groups in total. The second-order valence-electron chi connectivity index (χ2n) is 7.16. The molecule has 0 bridgehead atoms. The van der Waals surface area contributed by atoms with E-state index < -0.39 is 25.6 Å². The Balaban J connectivity index is 2.45. The zero-order valence-electron chi connectivity index (χ0n) is 14.1. The molecule has 0 aromatic heterocycles. The van der Waals surface area contributed by atoms with Gasteiger partial charge in [0, 0.05) is 0 Å². The van der Waals surface area contributed by atoms with Gasteiger partial charge in [0.1, 0.15) is 11.5 Å². The summed E-state index contributed by atoms with van der Waals surface area (Å²) in [5.74, 6) is -2.04. The first-order chi connectivity index (χ1) is 10.6. The Morgan fingerprint density at radius 2 is 1.52 bits per heavy atom. The van der Waals surface area contributed by atoms with E-state index >= 15 is 0 Å². The van der Waals surface area contributed by atoms with Crippen molar-refractivity contribution in [1.29, 1.82) is 0 Å². The van der Waals surface area contributed by atoms with Crippen LogP contribution in [0.2, 0.25) is 19.6 Å². The predicted octanol–water partition coefficient (Wildman–Crippen LogP) is 3.31. The lowest BCUT2D eigenvalue weighted by Crippen LogP contribution is -2.38. The molecule has 2 rings (SSSR count). The smallest absolute Gasteiger partial charge is 0.314 e. The van der Waals surface area contributed by atoms with Crippen molar-refractivity contribution in [3.8, 4) is 0 Å². The van der Waals surface area contributed by atoms with Gasteiger partial charge in [0.15, 0.2) is 0 Å². The first kappa shape index (κ1) is 17.4. The Hall–Kier alpha value is -1.91. The number of carboxylic acid groups (broad SMARTS) is 1. The highest BCUT2D eigenvalue weighted by Crippen LogP contribution is 2.36. The van der Waals surface area contributed by atoms with Crippen LogP contribution in [0.5, 0.6) is 0 Å². The van der Waals surface area contributed by atoms with Crippen LogP contribution in [0.3, 0.4) is 0 Å². The number of hydrogen-bond acceptors (Lipinski definition) is 2. The molecule has 0 radical (unpaired) electrons. The van der Waals surface area contributed by atoms with Gasteiger partial charge in [-0.25, -0.2) is 0 Å². The Labute approximate surface area is 138 Å². The molecule has 0 fully saturated rings. The topological polar surface area (TPSA) is 57.5 Å². The molecule has 122 valence electrons. The van der Waals surface area contributed by atoms with E-state index in [1.807, 2.05) is 30.3 Å². The maximum absolute atomic E-state index is 11.9. The van der Waals surface area contributed by atoms with Gasteiger partial charge in [-0.2, -0.15) is 0 Å². The SMILES string of the molecule is C[C@@](O)(c1ccccc1)[C@@H](C(=O)O)c1ccc([Si](C)(C)C)cc1. The number of aliphatic hydroxyl groups is 1. The van der Waals surface area contributed by atoms with E-state index in [9.17, 15) is 15.0 Å². The summed E-state index contributed by atoms with van der Waals surface area (Å²) in [6, 6.07) is 16.6. The Kier molecular flexibility index (Phi) is 4.78. The maximum Gasteiger partial charge on any atom is 0.314 e. The molecule has 0 aliphatic carbocycles. The summed E-state index contributed by atoms with van der Waals surface area (Å²) >= 11 is 0. The lowest BCUT2D eigenvalue weighted by molar-refractivity contribution is -0.145. The van der Waals surface area contributed by atoms with E-state index in [1.54, 1.807) is 31.2 Å². The van der Waals surface area contributed by atoms with Crippen LogP contribution in [-0.4, -0.2) is 24.3 Å². The molecular formula is C19H24O3Si. The molecule has 0 amide bonds. The zero-order chi connectivity index (χ0) is 17.3. The van der Waals surface area contributed by atoms with Gasteiger partial charge in [-0.3, -0.25) is 4.79 Å². The van der Waals surface area contributed by atoms with Crippen molar-refractivity contribution in [3.63, 3.8) is 0 Å². The van der Waals surface area contributed by atoms with Crippen LogP contribution in [0.25, 0.3) is 0 Å². The molecule has 0 saturated carbocycles. The fraction of sp³-hybridized carbons (Fsp3) is 0.316. The van der Waals surface area contributed by atoms with Gasteiger partial charge in [0.2, 0.25) is 0 Å². The third-order valence-electron chi connectivity index (χ3n) is 4.28. The monoisotopic (exact) mass is 328 g/mol. The average Bonchev–Trinajstić information content (AvgIpc) is 2.47. The highest BCUT2D eigenvalue weighted by atomic mass is 28.3. The fourth-order valence-electron chi connectivity index (χ4n) is 2.83. The molecule has 2 atom stereocenters. The Bertz CT molecular complexity index is 670. The summed E-state index contributed by atoms with van der Waals surface area (Å²) in [7, 11) is -1.44. The molecule has 0 heterocycles. The second-order valence-corrected chi connectivity index (χ2v) is 12.2. The minimum absolute atomic E-state index is 0.599. The van der Waals surface area contributed by atoms with Crippen LogP contribution in [0.15, 0.2) is 54.6 Å². The average molecular weight is 328 g/mol. The van der Waals surface area contributed by atoms with Gasteiger partial charge in [0.05, 0.1) is 8.07 Å². The van der Waals surface area contributed by atoms with Crippen molar-refractivity contribution in [2.24, 2.45) is 0 Å². The molecule has 3 nitrogen and oxygen atoms in total. The first-order valence-electron chi connectivity index (χ1n) is 7.75. The Morgan fingerprint density at radius 3 is 1.96 bits per heavy atom. The van der Waals surface area contributed by atoms with Crippen LogP contribution < -0.4 is 5.19 Å². The highest BCUT2D eigenvalue weighted by molar-refractivity contribution is 6.88. The van der Waals surface area contributed by atoms with E-state index in [-0.39, 0.29) is 0 Å². The van der Waals surface area contributed by atoms with E-state index in [2.05, 4.69) is 19.6 Å². The lowest BCUT2D eigenvalue weighted by atomic mass is 9.78. The molecule has 0 spiro atoms. The molecule has 23 heavy (non-hydrogen) atoms. The van der Waals surface area contributed by atoms with E-state index in [4.69, 9.17) is 0 Å².